The number of nitro groups is 1. The lowest BCUT2D eigenvalue weighted by molar-refractivity contribution is -0.384. The van der Waals surface area contributed by atoms with Crippen LogP contribution in [0, 0.1) is 10.1 Å². The number of carbonyl (C=O) groups excluding carboxylic acids is 2. The van der Waals surface area contributed by atoms with Crippen molar-refractivity contribution < 1.29 is 28.7 Å². The van der Waals surface area contributed by atoms with E-state index in [0.29, 0.717) is 5.56 Å². The van der Waals surface area contributed by atoms with E-state index in [-0.39, 0.29) is 50.0 Å². The van der Waals surface area contributed by atoms with Crippen LogP contribution in [0.2, 0.25) is 10.0 Å². The van der Waals surface area contributed by atoms with E-state index in [4.69, 9.17) is 37.4 Å². The zero-order chi connectivity index (χ0) is 25.1. The number of methoxy groups -OCH3 is 1. The summed E-state index contributed by atoms with van der Waals surface area (Å²) in [5.74, 6) is -1.10. The lowest BCUT2D eigenvalue weighted by Gasteiger charge is -2.10. The molecule has 35 heavy (non-hydrogen) atoms. The normalized spacial score (nSPS) is 13.9. The fourth-order valence-electron chi connectivity index (χ4n) is 3.11. The van der Waals surface area contributed by atoms with Crippen LogP contribution in [0.3, 0.4) is 0 Å². The van der Waals surface area contributed by atoms with Crippen molar-refractivity contribution in [2.45, 2.75) is 0 Å². The third kappa shape index (κ3) is 5.16. The second-order valence-electron chi connectivity index (χ2n) is 7.04. The summed E-state index contributed by atoms with van der Waals surface area (Å²) in [6.45, 7) is 0. The molecule has 1 aliphatic heterocycles. The average molecular weight is 513 g/mol. The van der Waals surface area contributed by atoms with Gasteiger partial charge in [-0.1, -0.05) is 41.4 Å². The van der Waals surface area contributed by atoms with Crippen LogP contribution in [-0.2, 0) is 9.53 Å². The number of benzene rings is 3. The molecule has 0 saturated heterocycles. The second-order valence-corrected chi connectivity index (χ2v) is 7.85. The number of halogens is 2. The van der Waals surface area contributed by atoms with Crippen LogP contribution in [-0.4, -0.2) is 29.9 Å². The molecule has 0 spiro atoms. The van der Waals surface area contributed by atoms with E-state index in [0.717, 1.165) is 6.07 Å². The van der Waals surface area contributed by atoms with Gasteiger partial charge < -0.3 is 14.2 Å². The van der Waals surface area contributed by atoms with Crippen molar-refractivity contribution in [3.8, 4) is 11.5 Å². The van der Waals surface area contributed by atoms with Gasteiger partial charge in [-0.15, -0.1) is 0 Å². The molecule has 0 unspecified atom stereocenters. The molecule has 1 heterocycles. The summed E-state index contributed by atoms with van der Waals surface area (Å²) >= 11 is 12.1. The molecule has 0 saturated carbocycles. The van der Waals surface area contributed by atoms with Gasteiger partial charge in [-0.3, -0.25) is 10.1 Å². The van der Waals surface area contributed by atoms with Gasteiger partial charge in [-0.25, -0.2) is 14.6 Å². The van der Waals surface area contributed by atoms with E-state index in [1.54, 1.807) is 30.3 Å². The summed E-state index contributed by atoms with van der Waals surface area (Å²) in [5.41, 5.74) is 0.696. The van der Waals surface area contributed by atoms with E-state index in [9.17, 15) is 19.7 Å². The monoisotopic (exact) mass is 512 g/mol. The molecule has 1 aliphatic rings. The Bertz CT molecular complexity index is 1430. The molecular weight excluding hydrogens is 499 g/mol. The SMILES string of the molecule is COc1cc(/C=C2\N=C(c3ccc([N+](=O)[O-])cc3Cl)OC2=O)ccc1OC(=O)c1ccccc1Cl. The predicted molar refractivity (Wildman–Crippen MR) is 128 cm³/mol. The number of carbonyl (C=O) groups is 2. The number of hydrogen-bond acceptors (Lipinski definition) is 8. The maximum atomic E-state index is 12.5. The first-order valence-corrected chi connectivity index (χ1v) is 10.6. The predicted octanol–water partition coefficient (Wildman–Crippen LogP) is 5.47. The van der Waals surface area contributed by atoms with Gasteiger partial charge in [0, 0.05) is 12.1 Å². The van der Waals surface area contributed by atoms with Crippen LogP contribution in [0.5, 0.6) is 11.5 Å². The quantitative estimate of drug-likeness (QED) is 0.141. The average Bonchev–Trinajstić information content (AvgIpc) is 3.19. The van der Waals surface area contributed by atoms with Gasteiger partial charge in [0.25, 0.3) is 5.69 Å². The smallest absolute Gasteiger partial charge is 0.363 e. The number of esters is 2. The molecule has 0 bridgehead atoms. The Morgan fingerprint density at radius 2 is 1.83 bits per heavy atom. The molecule has 9 nitrogen and oxygen atoms in total. The summed E-state index contributed by atoms with van der Waals surface area (Å²) < 4.78 is 15.9. The number of nitrogens with zero attached hydrogens (tertiary/aromatic N) is 2. The number of nitro benzene ring substituents is 1. The summed E-state index contributed by atoms with van der Waals surface area (Å²) in [6.07, 6.45) is 1.44. The van der Waals surface area contributed by atoms with E-state index in [2.05, 4.69) is 4.99 Å². The zero-order valence-corrected chi connectivity index (χ0v) is 19.4. The Labute approximate surface area is 208 Å². The van der Waals surface area contributed by atoms with E-state index < -0.39 is 16.9 Å². The van der Waals surface area contributed by atoms with Gasteiger partial charge in [-0.2, -0.15) is 0 Å². The molecular formula is C24H14Cl2N2O7. The highest BCUT2D eigenvalue weighted by Crippen LogP contribution is 2.32. The Hall–Kier alpha value is -4.21. The number of hydrogen-bond donors (Lipinski definition) is 0. The van der Waals surface area contributed by atoms with Crippen molar-refractivity contribution in [2.24, 2.45) is 4.99 Å². The standard InChI is InChI=1S/C24H14Cl2N2O7/c1-33-21-11-13(6-9-20(21)34-23(29)16-4-2-3-5-17(16)25)10-19-24(30)35-22(27-19)15-8-7-14(28(31)32)12-18(15)26/h2-12H,1H3/b19-10-. The van der Waals surface area contributed by atoms with Gasteiger partial charge in [0.1, 0.15) is 0 Å². The second kappa shape index (κ2) is 9.96. The molecule has 0 fully saturated rings. The number of non-ortho nitro benzene ring substituents is 1. The first-order valence-electron chi connectivity index (χ1n) is 9.88. The number of rotatable bonds is 6. The molecule has 0 aromatic heterocycles. The minimum Gasteiger partial charge on any atom is -0.493 e. The Morgan fingerprint density at radius 3 is 2.51 bits per heavy atom. The number of aliphatic imine (C=N–C) groups is 1. The van der Waals surface area contributed by atoms with Crippen LogP contribution >= 0.6 is 23.2 Å². The van der Waals surface area contributed by atoms with Crippen LogP contribution in [0.4, 0.5) is 5.69 Å². The third-order valence-corrected chi connectivity index (χ3v) is 5.44. The fourth-order valence-corrected chi connectivity index (χ4v) is 3.58. The Kier molecular flexibility index (Phi) is 6.81. The first kappa shape index (κ1) is 23.9. The molecule has 176 valence electrons. The van der Waals surface area contributed by atoms with Gasteiger partial charge in [0.05, 0.1) is 33.2 Å². The van der Waals surface area contributed by atoms with Gasteiger partial charge in [0.2, 0.25) is 5.90 Å². The summed E-state index contributed by atoms with van der Waals surface area (Å²) in [6, 6.07) is 14.8. The number of cyclic esters (lactones) is 1. The van der Waals surface area contributed by atoms with Crippen molar-refractivity contribution in [3.63, 3.8) is 0 Å². The topological polar surface area (TPSA) is 117 Å². The van der Waals surface area contributed by atoms with Crippen molar-refractivity contribution in [1.29, 1.82) is 0 Å². The molecule has 11 heteroatoms. The minimum absolute atomic E-state index is 0.0124. The highest BCUT2D eigenvalue weighted by molar-refractivity contribution is 6.35. The van der Waals surface area contributed by atoms with Crippen molar-refractivity contribution in [2.75, 3.05) is 7.11 Å². The highest BCUT2D eigenvalue weighted by atomic mass is 35.5. The molecule has 0 radical (unpaired) electrons. The lowest BCUT2D eigenvalue weighted by atomic mass is 10.1. The summed E-state index contributed by atoms with van der Waals surface area (Å²) in [4.78, 5) is 39.3. The van der Waals surface area contributed by atoms with Gasteiger partial charge in [-0.05, 0) is 42.0 Å². The highest BCUT2D eigenvalue weighted by Gasteiger charge is 2.27. The Morgan fingerprint density at radius 1 is 1.06 bits per heavy atom. The van der Waals surface area contributed by atoms with Gasteiger partial charge >= 0.3 is 11.9 Å². The molecule has 3 aromatic carbocycles. The largest absolute Gasteiger partial charge is 0.493 e. The molecule has 4 rings (SSSR count). The van der Waals surface area contributed by atoms with Crippen LogP contribution in [0.1, 0.15) is 21.5 Å². The molecule has 3 aromatic rings. The van der Waals surface area contributed by atoms with Gasteiger partial charge in [0.15, 0.2) is 17.2 Å². The minimum atomic E-state index is -0.734. The van der Waals surface area contributed by atoms with Crippen molar-refractivity contribution in [1.82, 2.24) is 0 Å². The lowest BCUT2D eigenvalue weighted by Crippen LogP contribution is -2.09. The first-order chi connectivity index (χ1) is 16.8. The summed E-state index contributed by atoms with van der Waals surface area (Å²) in [5, 5.41) is 11.2. The van der Waals surface area contributed by atoms with Crippen LogP contribution < -0.4 is 9.47 Å². The third-order valence-electron chi connectivity index (χ3n) is 4.80. The maximum absolute atomic E-state index is 12.5. The maximum Gasteiger partial charge on any atom is 0.363 e. The Balaban J connectivity index is 1.59. The molecule has 0 atom stereocenters. The summed E-state index contributed by atoms with van der Waals surface area (Å²) in [7, 11) is 1.40. The number of ether oxygens (including phenoxy) is 3. The van der Waals surface area contributed by atoms with E-state index >= 15 is 0 Å². The van der Waals surface area contributed by atoms with E-state index in [1.807, 2.05) is 0 Å². The molecule has 0 amide bonds. The molecule has 0 aliphatic carbocycles. The van der Waals surface area contributed by atoms with E-state index in [1.165, 1.54) is 37.5 Å². The fraction of sp³-hybridized carbons (Fsp3) is 0.0417. The van der Waals surface area contributed by atoms with Crippen LogP contribution in [0.15, 0.2) is 71.4 Å². The zero-order valence-electron chi connectivity index (χ0n) is 17.9. The van der Waals surface area contributed by atoms with Crippen molar-refractivity contribution >= 4 is 52.8 Å². The van der Waals surface area contributed by atoms with Crippen LogP contribution in [0.25, 0.3) is 6.08 Å². The van der Waals surface area contributed by atoms with Crippen molar-refractivity contribution in [3.05, 3.63) is 103 Å². The molecule has 0 N–H and O–H groups in total.